The van der Waals surface area contributed by atoms with Crippen LogP contribution in [0.4, 0.5) is 13.2 Å². The van der Waals surface area contributed by atoms with Crippen molar-refractivity contribution >= 4 is 0 Å². The Balaban J connectivity index is 1.94. The molecule has 1 aliphatic rings. The zero-order valence-corrected chi connectivity index (χ0v) is 9.06. The maximum atomic E-state index is 12.9. The fourth-order valence-electron chi connectivity index (χ4n) is 2.04. The molecule has 0 amide bonds. The second kappa shape index (κ2) is 4.45. The lowest BCUT2D eigenvalue weighted by Crippen LogP contribution is -2.39. The third-order valence-electron chi connectivity index (χ3n) is 3.01. The lowest BCUT2D eigenvalue weighted by molar-refractivity contribution is 0.240. The second-order valence-electron chi connectivity index (χ2n) is 4.53. The summed E-state index contributed by atoms with van der Waals surface area (Å²) in [6, 6.07) is 2.49. The molecule has 0 heterocycles. The van der Waals surface area contributed by atoms with Gasteiger partial charge in [0.25, 0.3) is 0 Å². The van der Waals surface area contributed by atoms with Gasteiger partial charge in [-0.05, 0) is 36.5 Å². The number of nitrogens with one attached hydrogen (secondary N) is 1. The molecule has 0 aliphatic heterocycles. The summed E-state index contributed by atoms with van der Waals surface area (Å²) in [5.41, 5.74) is 0.441. The Bertz CT molecular complexity index is 363. The third-order valence-corrected chi connectivity index (χ3v) is 3.01. The van der Waals surface area contributed by atoms with E-state index in [1.165, 1.54) is 0 Å². The average molecular weight is 229 g/mol. The highest BCUT2D eigenvalue weighted by Crippen LogP contribution is 2.26. The quantitative estimate of drug-likeness (QED) is 0.786. The number of benzene rings is 1. The predicted octanol–water partition coefficient (Wildman–Crippen LogP) is 2.99. The van der Waals surface area contributed by atoms with Crippen LogP contribution in [0.15, 0.2) is 12.1 Å². The average Bonchev–Trinajstić information content (AvgIpc) is 2.19. The summed E-state index contributed by atoms with van der Waals surface area (Å²) in [4.78, 5) is 0. The smallest absolute Gasteiger partial charge is 0.194 e. The van der Waals surface area contributed by atoms with Crippen molar-refractivity contribution in [1.29, 1.82) is 0 Å². The third kappa shape index (κ3) is 2.38. The van der Waals surface area contributed by atoms with Gasteiger partial charge < -0.3 is 5.32 Å². The van der Waals surface area contributed by atoms with Crippen LogP contribution in [-0.4, -0.2) is 6.04 Å². The molecule has 88 valence electrons. The molecule has 1 nitrogen and oxygen atoms in total. The molecule has 2 rings (SSSR count). The number of hydrogen-bond donors (Lipinski definition) is 1. The van der Waals surface area contributed by atoms with E-state index in [1.807, 2.05) is 0 Å². The minimum absolute atomic E-state index is 0.380. The van der Waals surface area contributed by atoms with Gasteiger partial charge in [-0.1, -0.05) is 6.92 Å². The zero-order chi connectivity index (χ0) is 11.7. The Hall–Kier alpha value is -1.03. The normalized spacial score (nSPS) is 24.2. The number of rotatable bonds is 3. The van der Waals surface area contributed by atoms with Gasteiger partial charge >= 0.3 is 0 Å². The van der Waals surface area contributed by atoms with E-state index in [0.29, 0.717) is 18.2 Å². The maximum Gasteiger partial charge on any atom is 0.194 e. The molecule has 1 aromatic carbocycles. The van der Waals surface area contributed by atoms with Gasteiger partial charge in [0.05, 0.1) is 0 Å². The van der Waals surface area contributed by atoms with Gasteiger partial charge in [0.2, 0.25) is 0 Å². The van der Waals surface area contributed by atoms with Crippen LogP contribution in [-0.2, 0) is 6.54 Å². The van der Waals surface area contributed by atoms with Crippen molar-refractivity contribution in [2.24, 2.45) is 5.92 Å². The Morgan fingerprint density at radius 3 is 2.25 bits per heavy atom. The zero-order valence-electron chi connectivity index (χ0n) is 9.06. The van der Waals surface area contributed by atoms with Crippen molar-refractivity contribution in [2.75, 3.05) is 0 Å². The van der Waals surface area contributed by atoms with Crippen molar-refractivity contribution in [1.82, 2.24) is 5.32 Å². The molecule has 0 saturated heterocycles. The summed E-state index contributed by atoms with van der Waals surface area (Å²) in [5.74, 6) is -2.93. The van der Waals surface area contributed by atoms with Crippen molar-refractivity contribution in [3.8, 4) is 0 Å². The Labute approximate surface area is 92.7 Å². The van der Waals surface area contributed by atoms with Crippen molar-refractivity contribution in [2.45, 2.75) is 32.4 Å². The van der Waals surface area contributed by atoms with Crippen LogP contribution in [0, 0.1) is 23.4 Å². The summed E-state index contributed by atoms with van der Waals surface area (Å²) in [7, 11) is 0. The summed E-state index contributed by atoms with van der Waals surface area (Å²) in [5, 5.41) is 3.18. The minimum Gasteiger partial charge on any atom is -0.310 e. The van der Waals surface area contributed by atoms with Crippen LogP contribution >= 0.6 is 0 Å². The lowest BCUT2D eigenvalue weighted by Gasteiger charge is -2.33. The van der Waals surface area contributed by atoms with Crippen LogP contribution in [0.25, 0.3) is 0 Å². The first-order chi connectivity index (χ1) is 7.56. The van der Waals surface area contributed by atoms with E-state index >= 15 is 0 Å². The Morgan fingerprint density at radius 1 is 1.19 bits per heavy atom. The summed E-state index contributed by atoms with van der Waals surface area (Å²) >= 11 is 0. The van der Waals surface area contributed by atoms with Gasteiger partial charge in [0.15, 0.2) is 17.5 Å². The SMILES string of the molecule is CC1CC(NCc2cc(F)c(F)c(F)c2)C1. The van der Waals surface area contributed by atoms with Gasteiger partial charge in [-0.3, -0.25) is 0 Å². The van der Waals surface area contributed by atoms with E-state index in [1.54, 1.807) is 0 Å². The standard InChI is InChI=1S/C12H14F3N/c1-7-2-9(3-7)16-6-8-4-10(13)12(15)11(14)5-8/h4-5,7,9,16H,2-3,6H2,1H3. The maximum absolute atomic E-state index is 12.9. The molecule has 0 bridgehead atoms. The number of hydrogen-bond acceptors (Lipinski definition) is 1. The predicted molar refractivity (Wildman–Crippen MR) is 55.3 cm³/mol. The summed E-state index contributed by atoms with van der Waals surface area (Å²) in [6.07, 6.45) is 2.18. The van der Waals surface area contributed by atoms with Gasteiger partial charge in [0, 0.05) is 12.6 Å². The van der Waals surface area contributed by atoms with Crippen LogP contribution in [0.5, 0.6) is 0 Å². The minimum atomic E-state index is -1.40. The second-order valence-corrected chi connectivity index (χ2v) is 4.53. The number of halogens is 3. The monoisotopic (exact) mass is 229 g/mol. The highest BCUT2D eigenvalue weighted by Gasteiger charge is 2.24. The van der Waals surface area contributed by atoms with Crippen LogP contribution in [0.2, 0.25) is 0 Å². The molecule has 4 heteroatoms. The van der Waals surface area contributed by atoms with Crippen molar-refractivity contribution in [3.63, 3.8) is 0 Å². The topological polar surface area (TPSA) is 12.0 Å². The van der Waals surface area contributed by atoms with Gasteiger partial charge in [0.1, 0.15) is 0 Å². The Morgan fingerprint density at radius 2 is 1.75 bits per heavy atom. The van der Waals surface area contributed by atoms with Crippen LogP contribution in [0.3, 0.4) is 0 Å². The molecule has 1 aliphatic carbocycles. The first-order valence-electron chi connectivity index (χ1n) is 5.43. The molecular weight excluding hydrogens is 215 g/mol. The molecule has 0 spiro atoms. The van der Waals surface area contributed by atoms with E-state index < -0.39 is 17.5 Å². The molecule has 0 unspecified atom stereocenters. The molecule has 16 heavy (non-hydrogen) atoms. The highest BCUT2D eigenvalue weighted by atomic mass is 19.2. The van der Waals surface area contributed by atoms with Gasteiger partial charge in [-0.25, -0.2) is 13.2 Å². The fourth-order valence-corrected chi connectivity index (χ4v) is 2.04. The molecule has 1 fully saturated rings. The molecule has 1 aromatic rings. The van der Waals surface area contributed by atoms with Gasteiger partial charge in [-0.2, -0.15) is 0 Å². The van der Waals surface area contributed by atoms with E-state index in [-0.39, 0.29) is 0 Å². The van der Waals surface area contributed by atoms with E-state index in [2.05, 4.69) is 12.2 Å². The molecule has 0 radical (unpaired) electrons. The molecule has 0 aromatic heterocycles. The Kier molecular flexibility index (Phi) is 3.19. The van der Waals surface area contributed by atoms with Crippen molar-refractivity contribution < 1.29 is 13.2 Å². The van der Waals surface area contributed by atoms with Crippen LogP contribution in [0.1, 0.15) is 25.3 Å². The van der Waals surface area contributed by atoms with E-state index in [4.69, 9.17) is 0 Å². The van der Waals surface area contributed by atoms with Crippen LogP contribution < -0.4 is 5.32 Å². The first kappa shape index (κ1) is 11.5. The molecule has 0 atom stereocenters. The highest BCUT2D eigenvalue weighted by molar-refractivity contribution is 5.19. The fraction of sp³-hybridized carbons (Fsp3) is 0.500. The molecule has 1 saturated carbocycles. The summed E-state index contributed by atoms with van der Waals surface area (Å²) in [6.45, 7) is 2.54. The van der Waals surface area contributed by atoms with Gasteiger partial charge in [-0.15, -0.1) is 0 Å². The van der Waals surface area contributed by atoms with E-state index in [0.717, 1.165) is 30.9 Å². The summed E-state index contributed by atoms with van der Waals surface area (Å²) < 4.78 is 38.4. The first-order valence-corrected chi connectivity index (χ1v) is 5.43. The molecule has 1 N–H and O–H groups in total. The van der Waals surface area contributed by atoms with E-state index in [9.17, 15) is 13.2 Å². The van der Waals surface area contributed by atoms with Crippen molar-refractivity contribution in [3.05, 3.63) is 35.1 Å². The largest absolute Gasteiger partial charge is 0.310 e. The molecular formula is C12H14F3N. The lowest BCUT2D eigenvalue weighted by atomic mass is 9.82.